The number of nitro groups is 1. The van der Waals surface area contributed by atoms with E-state index in [-0.39, 0.29) is 22.6 Å². The number of sulfonamides is 1. The minimum absolute atomic E-state index is 0.0811. The summed E-state index contributed by atoms with van der Waals surface area (Å²) < 4.78 is 27.5. The number of benzene rings is 2. The molecule has 0 aromatic heterocycles. The first-order valence-corrected chi connectivity index (χ1v) is 8.09. The van der Waals surface area contributed by atoms with Gasteiger partial charge in [-0.05, 0) is 31.5 Å². The molecular weight excluding hydrogens is 320 g/mol. The summed E-state index contributed by atoms with van der Waals surface area (Å²) in [6.07, 6.45) is 0. The Morgan fingerprint density at radius 3 is 2.39 bits per heavy atom. The summed E-state index contributed by atoms with van der Waals surface area (Å²) in [5.41, 5.74) is -0.00493. The zero-order chi connectivity index (χ0) is 17.2. The van der Waals surface area contributed by atoms with E-state index in [1.807, 2.05) is 0 Å². The summed E-state index contributed by atoms with van der Waals surface area (Å²) in [6, 6.07) is 10.1. The molecule has 0 aliphatic rings. The molecule has 2 rings (SSSR count). The molecule has 120 valence electrons. The minimum Gasteiger partial charge on any atom is -0.294 e. The second-order valence-corrected chi connectivity index (χ2v) is 6.51. The smallest absolute Gasteiger partial charge is 0.290 e. The van der Waals surface area contributed by atoms with Gasteiger partial charge < -0.3 is 0 Å². The normalized spacial score (nSPS) is 11.0. The molecule has 0 aliphatic carbocycles. The number of aryl methyl sites for hydroxylation is 1. The largest absolute Gasteiger partial charge is 0.294 e. The molecule has 0 saturated heterocycles. The molecule has 0 radical (unpaired) electrons. The lowest BCUT2D eigenvalue weighted by molar-refractivity contribution is -0.387. The van der Waals surface area contributed by atoms with E-state index in [4.69, 9.17) is 0 Å². The number of hydrogen-bond donors (Lipinski definition) is 1. The van der Waals surface area contributed by atoms with Crippen LogP contribution in [0.25, 0.3) is 0 Å². The number of rotatable bonds is 5. The number of Topliss-reactive ketones (excluding diaryl/α,β-unsaturated/α-hetero) is 1. The van der Waals surface area contributed by atoms with E-state index in [1.165, 1.54) is 38.1 Å². The van der Waals surface area contributed by atoms with E-state index in [0.717, 1.165) is 6.07 Å². The van der Waals surface area contributed by atoms with E-state index in [0.29, 0.717) is 0 Å². The van der Waals surface area contributed by atoms with Gasteiger partial charge in [-0.3, -0.25) is 19.6 Å². The number of nitro benzene ring substituents is 1. The summed E-state index contributed by atoms with van der Waals surface area (Å²) in [5, 5.41) is 11.1. The monoisotopic (exact) mass is 334 g/mol. The van der Waals surface area contributed by atoms with Gasteiger partial charge >= 0.3 is 0 Å². The Morgan fingerprint density at radius 2 is 1.78 bits per heavy atom. The van der Waals surface area contributed by atoms with Crippen LogP contribution in [0.15, 0.2) is 47.4 Å². The fourth-order valence-corrected chi connectivity index (χ4v) is 3.68. The number of carbonyl (C=O) groups is 1. The molecule has 0 spiro atoms. The van der Waals surface area contributed by atoms with Gasteiger partial charge in [0, 0.05) is 11.6 Å². The van der Waals surface area contributed by atoms with Crippen LogP contribution in [0, 0.1) is 17.0 Å². The molecule has 8 heteroatoms. The van der Waals surface area contributed by atoms with Crippen LogP contribution in [0.5, 0.6) is 0 Å². The van der Waals surface area contributed by atoms with Crippen molar-refractivity contribution in [3.8, 4) is 0 Å². The Hall–Kier alpha value is -2.74. The van der Waals surface area contributed by atoms with Gasteiger partial charge in [0.1, 0.15) is 0 Å². The number of nitrogens with one attached hydrogen (secondary N) is 1. The van der Waals surface area contributed by atoms with Crippen LogP contribution >= 0.6 is 0 Å². The van der Waals surface area contributed by atoms with E-state index < -0.39 is 25.5 Å². The third kappa shape index (κ3) is 3.37. The van der Waals surface area contributed by atoms with Crippen molar-refractivity contribution in [2.24, 2.45) is 0 Å². The molecule has 0 aliphatic heterocycles. The maximum atomic E-state index is 12.6. The highest BCUT2D eigenvalue weighted by Crippen LogP contribution is 2.29. The van der Waals surface area contributed by atoms with Crippen LogP contribution in [0.2, 0.25) is 0 Å². The molecule has 2 aromatic carbocycles. The number of nitrogens with zero attached hydrogens (tertiary/aromatic N) is 1. The van der Waals surface area contributed by atoms with Gasteiger partial charge in [-0.1, -0.05) is 24.3 Å². The Morgan fingerprint density at radius 1 is 1.13 bits per heavy atom. The van der Waals surface area contributed by atoms with Gasteiger partial charge in [0.2, 0.25) is 0 Å². The van der Waals surface area contributed by atoms with Crippen molar-refractivity contribution in [3.05, 3.63) is 63.7 Å². The average molecular weight is 334 g/mol. The van der Waals surface area contributed by atoms with Crippen LogP contribution in [-0.2, 0) is 10.0 Å². The van der Waals surface area contributed by atoms with Crippen molar-refractivity contribution >= 4 is 27.2 Å². The van der Waals surface area contributed by atoms with Gasteiger partial charge in [0.25, 0.3) is 15.7 Å². The number of hydrogen-bond acceptors (Lipinski definition) is 5. The highest BCUT2D eigenvalue weighted by atomic mass is 32.2. The average Bonchev–Trinajstić information content (AvgIpc) is 2.46. The van der Waals surface area contributed by atoms with Crippen LogP contribution in [0.1, 0.15) is 22.8 Å². The second-order valence-electron chi connectivity index (χ2n) is 4.89. The van der Waals surface area contributed by atoms with Crippen molar-refractivity contribution in [1.29, 1.82) is 0 Å². The summed E-state index contributed by atoms with van der Waals surface area (Å²) in [5.74, 6) is -0.317. The summed E-state index contributed by atoms with van der Waals surface area (Å²) in [4.78, 5) is 21.5. The molecule has 0 heterocycles. The molecule has 0 atom stereocenters. The molecule has 2 aromatic rings. The lowest BCUT2D eigenvalue weighted by Crippen LogP contribution is -2.17. The first-order valence-electron chi connectivity index (χ1n) is 6.61. The van der Waals surface area contributed by atoms with Gasteiger partial charge in [-0.25, -0.2) is 8.42 Å². The third-order valence-electron chi connectivity index (χ3n) is 3.21. The Kier molecular flexibility index (Phi) is 4.46. The summed E-state index contributed by atoms with van der Waals surface area (Å²) >= 11 is 0. The first kappa shape index (κ1) is 16.6. The van der Waals surface area contributed by atoms with E-state index in [9.17, 15) is 23.3 Å². The maximum Gasteiger partial charge on any atom is 0.290 e. The Bertz CT molecular complexity index is 890. The van der Waals surface area contributed by atoms with E-state index in [1.54, 1.807) is 12.1 Å². The van der Waals surface area contributed by atoms with Gasteiger partial charge in [0.05, 0.1) is 10.6 Å². The van der Waals surface area contributed by atoms with Crippen molar-refractivity contribution in [3.63, 3.8) is 0 Å². The third-order valence-corrected chi connectivity index (χ3v) is 4.76. The zero-order valence-electron chi connectivity index (χ0n) is 12.4. The zero-order valence-corrected chi connectivity index (χ0v) is 13.3. The molecule has 0 fully saturated rings. The minimum atomic E-state index is -4.22. The van der Waals surface area contributed by atoms with Crippen LogP contribution in [0.3, 0.4) is 0 Å². The predicted octanol–water partition coefficient (Wildman–Crippen LogP) is 2.91. The van der Waals surface area contributed by atoms with Gasteiger partial charge in [0.15, 0.2) is 10.7 Å². The molecule has 1 N–H and O–H groups in total. The standard InChI is InChI=1S/C15H14N2O5S/c1-10-6-5-9-14(17(19)20)15(10)23(21,22)16-13-8-4-3-7-12(13)11(2)18/h3-9,16H,1-2H3. The maximum absolute atomic E-state index is 12.6. The van der Waals surface area contributed by atoms with Crippen molar-refractivity contribution < 1.29 is 18.1 Å². The summed E-state index contributed by atoms with van der Waals surface area (Å²) in [6.45, 7) is 2.78. The molecule has 23 heavy (non-hydrogen) atoms. The van der Waals surface area contributed by atoms with Gasteiger partial charge in [-0.2, -0.15) is 0 Å². The lowest BCUT2D eigenvalue weighted by atomic mass is 10.1. The predicted molar refractivity (Wildman–Crippen MR) is 85.1 cm³/mol. The SMILES string of the molecule is CC(=O)c1ccccc1NS(=O)(=O)c1c(C)cccc1[N+](=O)[O-]. The number of anilines is 1. The number of carbonyl (C=O) groups excluding carboxylic acids is 1. The number of para-hydroxylation sites is 1. The Balaban J connectivity index is 2.58. The highest BCUT2D eigenvalue weighted by Gasteiger charge is 2.28. The second kappa shape index (κ2) is 6.17. The van der Waals surface area contributed by atoms with Crippen molar-refractivity contribution in [2.75, 3.05) is 4.72 Å². The molecule has 7 nitrogen and oxygen atoms in total. The number of ketones is 1. The molecule has 0 unspecified atom stereocenters. The fraction of sp³-hybridized carbons (Fsp3) is 0.133. The van der Waals surface area contributed by atoms with Crippen LogP contribution in [-0.4, -0.2) is 19.1 Å². The first-order chi connectivity index (χ1) is 10.7. The molecular formula is C15H14N2O5S. The van der Waals surface area contributed by atoms with E-state index in [2.05, 4.69) is 4.72 Å². The molecule has 0 amide bonds. The van der Waals surface area contributed by atoms with E-state index >= 15 is 0 Å². The Labute approximate surface area is 133 Å². The topological polar surface area (TPSA) is 106 Å². The molecule has 0 bridgehead atoms. The van der Waals surface area contributed by atoms with Crippen LogP contribution in [0.4, 0.5) is 11.4 Å². The highest BCUT2D eigenvalue weighted by molar-refractivity contribution is 7.93. The molecule has 0 saturated carbocycles. The fourth-order valence-electron chi connectivity index (χ4n) is 2.21. The van der Waals surface area contributed by atoms with Crippen molar-refractivity contribution in [2.45, 2.75) is 18.7 Å². The van der Waals surface area contributed by atoms with Crippen molar-refractivity contribution in [1.82, 2.24) is 0 Å². The quantitative estimate of drug-likeness (QED) is 0.514. The van der Waals surface area contributed by atoms with Gasteiger partial charge in [-0.15, -0.1) is 0 Å². The van der Waals surface area contributed by atoms with Crippen LogP contribution < -0.4 is 4.72 Å². The summed E-state index contributed by atoms with van der Waals surface area (Å²) in [7, 11) is -4.22. The lowest BCUT2D eigenvalue weighted by Gasteiger charge is -2.12.